The van der Waals surface area contributed by atoms with Crippen molar-refractivity contribution in [1.82, 2.24) is 10.6 Å². The predicted octanol–water partition coefficient (Wildman–Crippen LogP) is -7.65. The SMILES string of the molecule is CC(=O)N[C@H]1[C@H](O[C@@H]([C@H](O)[C@@H](CO)O[C@@H]2O[C@H](CO)[C@@H](O)[C@H](O)[C@H]2NC(C)=O)[C@H](O)CO)O[C@H](CO)[C@@H](O)[C@@H]1O. The number of amides is 2. The van der Waals surface area contributed by atoms with Crippen molar-refractivity contribution in [2.45, 2.75) is 99.6 Å². The first-order valence-corrected chi connectivity index (χ1v) is 12.5. The molecule has 18 nitrogen and oxygen atoms in total. The molecule has 0 spiro atoms. The highest BCUT2D eigenvalue weighted by molar-refractivity contribution is 5.73. The van der Waals surface area contributed by atoms with Gasteiger partial charge in [0.2, 0.25) is 11.8 Å². The molecule has 2 aliphatic heterocycles. The molecule has 12 N–H and O–H groups in total. The zero-order valence-corrected chi connectivity index (χ0v) is 21.8. The molecule has 0 aromatic rings. The van der Waals surface area contributed by atoms with Crippen LogP contribution in [0, 0.1) is 0 Å². The fourth-order valence-electron chi connectivity index (χ4n) is 4.45. The molecule has 2 saturated heterocycles. The summed E-state index contributed by atoms with van der Waals surface area (Å²) in [5, 5.41) is 106. The molecule has 0 aliphatic carbocycles. The number of hydrogen-bond acceptors (Lipinski definition) is 16. The number of hydrogen-bond donors (Lipinski definition) is 12. The minimum absolute atomic E-state index is 0.674. The third kappa shape index (κ3) is 8.23. The second kappa shape index (κ2) is 15.6. The molecular formula is C22H40N2O16. The van der Waals surface area contributed by atoms with Crippen LogP contribution in [0.15, 0.2) is 0 Å². The number of aliphatic hydroxyl groups is 10. The van der Waals surface area contributed by atoms with Gasteiger partial charge in [-0.25, -0.2) is 0 Å². The number of ether oxygens (including phenoxy) is 4. The van der Waals surface area contributed by atoms with E-state index in [4.69, 9.17) is 18.9 Å². The Bertz CT molecular complexity index is 809. The number of nitrogens with one attached hydrogen (secondary N) is 2. The quantitative estimate of drug-likeness (QED) is 0.0950. The molecule has 234 valence electrons. The van der Waals surface area contributed by atoms with Gasteiger partial charge in [-0.05, 0) is 0 Å². The van der Waals surface area contributed by atoms with Gasteiger partial charge in [-0.3, -0.25) is 9.59 Å². The summed E-state index contributed by atoms with van der Waals surface area (Å²) >= 11 is 0. The van der Waals surface area contributed by atoms with Crippen molar-refractivity contribution >= 4 is 11.8 Å². The van der Waals surface area contributed by atoms with Crippen molar-refractivity contribution in [2.24, 2.45) is 0 Å². The monoisotopic (exact) mass is 588 g/mol. The zero-order valence-electron chi connectivity index (χ0n) is 21.8. The van der Waals surface area contributed by atoms with Gasteiger partial charge in [0.1, 0.15) is 73.1 Å². The van der Waals surface area contributed by atoms with E-state index in [9.17, 15) is 60.7 Å². The van der Waals surface area contributed by atoms with E-state index >= 15 is 0 Å². The first-order chi connectivity index (χ1) is 18.8. The summed E-state index contributed by atoms with van der Waals surface area (Å²) in [4.78, 5) is 23.4. The van der Waals surface area contributed by atoms with Gasteiger partial charge in [-0.15, -0.1) is 0 Å². The molecule has 18 heteroatoms. The van der Waals surface area contributed by atoms with Gasteiger partial charge < -0.3 is 80.6 Å². The Morgan fingerprint density at radius 2 is 1.15 bits per heavy atom. The molecule has 0 saturated carbocycles. The molecule has 0 radical (unpaired) electrons. The van der Waals surface area contributed by atoms with Crippen LogP contribution in [-0.2, 0) is 28.5 Å². The van der Waals surface area contributed by atoms with Crippen molar-refractivity contribution in [3.63, 3.8) is 0 Å². The van der Waals surface area contributed by atoms with E-state index in [2.05, 4.69) is 10.6 Å². The van der Waals surface area contributed by atoms with E-state index in [1.54, 1.807) is 0 Å². The molecule has 2 aliphatic rings. The molecule has 2 heterocycles. The third-order valence-corrected chi connectivity index (χ3v) is 6.57. The van der Waals surface area contributed by atoms with E-state index < -0.39 is 124 Å². The molecule has 2 amide bonds. The number of rotatable bonds is 13. The van der Waals surface area contributed by atoms with Gasteiger partial charge in [-0.1, -0.05) is 0 Å². The van der Waals surface area contributed by atoms with E-state index in [0.717, 1.165) is 13.8 Å². The summed E-state index contributed by atoms with van der Waals surface area (Å²) in [7, 11) is 0. The van der Waals surface area contributed by atoms with Crippen LogP contribution in [0.1, 0.15) is 13.8 Å². The minimum Gasteiger partial charge on any atom is -0.394 e. The Balaban J connectivity index is 2.33. The Kier molecular flexibility index (Phi) is 13.5. The molecule has 14 atom stereocenters. The van der Waals surface area contributed by atoms with Gasteiger partial charge in [0.05, 0.1) is 26.4 Å². The first kappa shape index (κ1) is 34.6. The third-order valence-electron chi connectivity index (χ3n) is 6.57. The zero-order chi connectivity index (χ0) is 30.3. The second-order valence-corrected chi connectivity index (χ2v) is 9.56. The molecule has 0 unspecified atom stereocenters. The predicted molar refractivity (Wildman–Crippen MR) is 127 cm³/mol. The van der Waals surface area contributed by atoms with Crippen LogP contribution < -0.4 is 10.6 Å². The standard InChI is InChI=1S/C22H40N2O16/c1-7(29)23-13-18(35)15(32)10(4-26)37-21(13)39-12(6-28)17(34)20(9(31)3-25)40-22-14(24-8(2)30)19(36)16(33)11(5-27)38-22/h9-22,25-28,31-36H,3-6H2,1-2H3,(H,23,29)(H,24,30)/t9-,10-,11-,12-,13-,14-,15-,16-,17-,18-,19-,20-,21+,22+/m1/s1. The van der Waals surface area contributed by atoms with Crippen LogP contribution in [0.3, 0.4) is 0 Å². The number of carbonyl (C=O) groups is 2. The maximum Gasteiger partial charge on any atom is 0.217 e. The summed E-state index contributed by atoms with van der Waals surface area (Å²) in [6.07, 6.45) is -20.6. The van der Waals surface area contributed by atoms with Crippen LogP contribution >= 0.6 is 0 Å². The second-order valence-electron chi connectivity index (χ2n) is 9.56. The number of carbonyl (C=O) groups excluding carboxylic acids is 2. The van der Waals surface area contributed by atoms with Gasteiger partial charge in [0.25, 0.3) is 0 Å². The summed E-state index contributed by atoms with van der Waals surface area (Å²) in [5.74, 6) is -1.36. The lowest BCUT2D eigenvalue weighted by molar-refractivity contribution is -0.318. The smallest absolute Gasteiger partial charge is 0.217 e. The van der Waals surface area contributed by atoms with E-state index in [1.165, 1.54) is 0 Å². The van der Waals surface area contributed by atoms with Crippen LogP contribution in [0.25, 0.3) is 0 Å². The number of aliphatic hydroxyl groups excluding tert-OH is 10. The van der Waals surface area contributed by atoms with Crippen molar-refractivity contribution < 1.29 is 79.6 Å². The van der Waals surface area contributed by atoms with Crippen LogP contribution in [0.2, 0.25) is 0 Å². The van der Waals surface area contributed by atoms with Crippen molar-refractivity contribution in [3.05, 3.63) is 0 Å². The van der Waals surface area contributed by atoms with Gasteiger partial charge in [0, 0.05) is 13.8 Å². The highest BCUT2D eigenvalue weighted by Crippen LogP contribution is 2.28. The molecular weight excluding hydrogens is 548 g/mol. The maximum absolute atomic E-state index is 11.7. The van der Waals surface area contributed by atoms with Crippen molar-refractivity contribution in [1.29, 1.82) is 0 Å². The molecule has 0 aromatic carbocycles. The molecule has 0 aromatic heterocycles. The van der Waals surface area contributed by atoms with E-state index in [-0.39, 0.29) is 0 Å². The first-order valence-electron chi connectivity index (χ1n) is 12.5. The molecule has 0 bridgehead atoms. The summed E-state index contributed by atoms with van der Waals surface area (Å²) in [6, 6.07) is -2.94. The summed E-state index contributed by atoms with van der Waals surface area (Å²) < 4.78 is 22.0. The molecule has 40 heavy (non-hydrogen) atoms. The van der Waals surface area contributed by atoms with Crippen molar-refractivity contribution in [2.75, 3.05) is 26.4 Å². The van der Waals surface area contributed by atoms with Gasteiger partial charge in [-0.2, -0.15) is 0 Å². The fourth-order valence-corrected chi connectivity index (χ4v) is 4.45. The van der Waals surface area contributed by atoms with Gasteiger partial charge >= 0.3 is 0 Å². The highest BCUT2D eigenvalue weighted by atomic mass is 16.7. The lowest BCUT2D eigenvalue weighted by Crippen LogP contribution is -2.67. The largest absolute Gasteiger partial charge is 0.394 e. The Hall–Kier alpha value is -1.62. The molecule has 2 rings (SSSR count). The maximum atomic E-state index is 11.7. The Morgan fingerprint density at radius 3 is 1.50 bits per heavy atom. The van der Waals surface area contributed by atoms with Gasteiger partial charge in [0.15, 0.2) is 12.6 Å². The Morgan fingerprint density at radius 1 is 0.725 bits per heavy atom. The topological polar surface area (TPSA) is 297 Å². The normalized spacial score (nSPS) is 37.7. The lowest BCUT2D eigenvalue weighted by Gasteiger charge is -2.45. The van der Waals surface area contributed by atoms with E-state index in [1.807, 2.05) is 0 Å². The lowest BCUT2D eigenvalue weighted by atomic mass is 9.96. The molecule has 2 fully saturated rings. The van der Waals surface area contributed by atoms with Crippen LogP contribution in [0.4, 0.5) is 0 Å². The average Bonchev–Trinajstić information content (AvgIpc) is 2.91. The van der Waals surface area contributed by atoms with Crippen LogP contribution in [0.5, 0.6) is 0 Å². The van der Waals surface area contributed by atoms with Crippen LogP contribution in [-0.4, -0.2) is 175 Å². The van der Waals surface area contributed by atoms with E-state index in [0.29, 0.717) is 0 Å². The Labute approximate surface area is 228 Å². The van der Waals surface area contributed by atoms with Crippen molar-refractivity contribution in [3.8, 4) is 0 Å². The fraction of sp³-hybridized carbons (Fsp3) is 0.909. The average molecular weight is 589 g/mol. The minimum atomic E-state index is -2.05. The summed E-state index contributed by atoms with van der Waals surface area (Å²) in [6.45, 7) is -1.43. The highest BCUT2D eigenvalue weighted by Gasteiger charge is 2.50. The summed E-state index contributed by atoms with van der Waals surface area (Å²) in [5.41, 5.74) is 0.